The summed E-state index contributed by atoms with van der Waals surface area (Å²) in [5.41, 5.74) is 2.32. The van der Waals surface area contributed by atoms with Crippen molar-refractivity contribution < 1.29 is 0 Å². The van der Waals surface area contributed by atoms with Crippen LogP contribution in [-0.2, 0) is 26.4 Å². The van der Waals surface area contributed by atoms with Crippen LogP contribution in [0.15, 0.2) is 23.5 Å². The molecule has 0 spiro atoms. The molecule has 3 heterocycles. The van der Waals surface area contributed by atoms with E-state index in [0.717, 1.165) is 47.5 Å². The first-order valence-corrected chi connectivity index (χ1v) is 10.5. The lowest BCUT2D eigenvalue weighted by Gasteiger charge is -2.23. The number of nitrogens with zero attached hydrogens (tertiary/aromatic N) is 4. The molecule has 0 bridgehead atoms. The molecule has 0 fully saturated rings. The Labute approximate surface area is 163 Å². The Hall–Kier alpha value is -1.99. The Morgan fingerprint density at radius 1 is 1.41 bits per heavy atom. The number of nitrogens with one attached hydrogen (secondary N) is 1. The van der Waals surface area contributed by atoms with Gasteiger partial charge in [-0.1, -0.05) is 13.8 Å². The molecule has 1 aliphatic rings. The van der Waals surface area contributed by atoms with Gasteiger partial charge in [0.15, 0.2) is 0 Å². The van der Waals surface area contributed by atoms with Gasteiger partial charge >= 0.3 is 0 Å². The summed E-state index contributed by atoms with van der Waals surface area (Å²) in [7, 11) is 1.88. The van der Waals surface area contributed by atoms with Gasteiger partial charge in [-0.05, 0) is 43.7 Å². The molecule has 3 aromatic heterocycles. The molecular formula is C20H27N5OS. The Bertz CT molecular complexity index is 1000. The summed E-state index contributed by atoms with van der Waals surface area (Å²) in [6, 6.07) is 0.516. The SMILES string of the molecule is CC(C)CCNC1CCc2c(sc3ncn(Cc4cnn(C)c4)c(=O)c23)C1. The molecule has 3 aromatic rings. The summed E-state index contributed by atoms with van der Waals surface area (Å²) in [6.45, 7) is 6.10. The topological polar surface area (TPSA) is 64.7 Å². The highest BCUT2D eigenvalue weighted by atomic mass is 32.1. The highest BCUT2D eigenvalue weighted by Crippen LogP contribution is 2.33. The molecule has 0 aromatic carbocycles. The van der Waals surface area contributed by atoms with Crippen LogP contribution in [0.4, 0.5) is 0 Å². The molecule has 1 unspecified atom stereocenters. The van der Waals surface area contributed by atoms with E-state index in [1.165, 1.54) is 16.9 Å². The summed E-state index contributed by atoms with van der Waals surface area (Å²) in [5.74, 6) is 0.725. The number of hydrogen-bond donors (Lipinski definition) is 1. The van der Waals surface area contributed by atoms with Crippen molar-refractivity contribution in [1.82, 2.24) is 24.6 Å². The third-order valence-corrected chi connectivity index (χ3v) is 6.46. The molecule has 0 saturated carbocycles. The normalized spacial score (nSPS) is 17.0. The van der Waals surface area contributed by atoms with Crippen molar-refractivity contribution >= 4 is 21.6 Å². The minimum atomic E-state index is 0.0765. The van der Waals surface area contributed by atoms with E-state index < -0.39 is 0 Å². The molecule has 1 N–H and O–H groups in total. The zero-order valence-corrected chi connectivity index (χ0v) is 17.1. The third-order valence-electron chi connectivity index (χ3n) is 5.30. The van der Waals surface area contributed by atoms with Gasteiger partial charge in [-0.25, -0.2) is 4.98 Å². The minimum absolute atomic E-state index is 0.0765. The van der Waals surface area contributed by atoms with Crippen LogP contribution in [0.25, 0.3) is 10.2 Å². The lowest BCUT2D eigenvalue weighted by molar-refractivity contribution is 0.435. The second kappa shape index (κ2) is 7.56. The molecule has 0 radical (unpaired) electrons. The standard InChI is InChI=1S/C20H27N5OS/c1-13(2)6-7-21-15-4-5-16-17(8-15)27-19-18(16)20(26)25(12-22-19)11-14-9-23-24(3)10-14/h9-10,12-13,15,21H,4-8,11H2,1-3H3. The minimum Gasteiger partial charge on any atom is -0.314 e. The predicted molar refractivity (Wildman–Crippen MR) is 109 cm³/mol. The first-order chi connectivity index (χ1) is 13.0. The summed E-state index contributed by atoms with van der Waals surface area (Å²) < 4.78 is 3.46. The van der Waals surface area contributed by atoms with Gasteiger partial charge in [0.05, 0.1) is 24.5 Å². The van der Waals surface area contributed by atoms with Crippen LogP contribution in [0.1, 0.15) is 42.7 Å². The maximum atomic E-state index is 13.1. The van der Waals surface area contributed by atoms with E-state index in [2.05, 4.69) is 29.2 Å². The van der Waals surface area contributed by atoms with Crippen LogP contribution in [0.2, 0.25) is 0 Å². The van der Waals surface area contributed by atoms with Gasteiger partial charge in [-0.3, -0.25) is 14.0 Å². The number of hydrogen-bond acceptors (Lipinski definition) is 5. The number of aromatic nitrogens is 4. The molecule has 0 amide bonds. The van der Waals surface area contributed by atoms with E-state index in [1.807, 2.05) is 13.2 Å². The van der Waals surface area contributed by atoms with E-state index in [4.69, 9.17) is 0 Å². The number of fused-ring (bicyclic) bond motifs is 3. The number of rotatable bonds is 6. The van der Waals surface area contributed by atoms with Gasteiger partial charge in [0.2, 0.25) is 0 Å². The zero-order valence-electron chi connectivity index (χ0n) is 16.2. The fraction of sp³-hybridized carbons (Fsp3) is 0.550. The average Bonchev–Trinajstić information content (AvgIpc) is 3.20. The molecule has 6 nitrogen and oxygen atoms in total. The summed E-state index contributed by atoms with van der Waals surface area (Å²) in [6.07, 6.45) is 9.68. The van der Waals surface area contributed by atoms with Crippen LogP contribution in [0.5, 0.6) is 0 Å². The molecule has 144 valence electrons. The van der Waals surface area contributed by atoms with Gasteiger partial charge in [0, 0.05) is 29.7 Å². The number of thiophene rings is 1. The maximum absolute atomic E-state index is 13.1. The smallest absolute Gasteiger partial charge is 0.262 e. The fourth-order valence-corrected chi connectivity index (χ4v) is 5.07. The molecule has 1 aliphatic carbocycles. The Morgan fingerprint density at radius 3 is 3.00 bits per heavy atom. The van der Waals surface area contributed by atoms with Crippen molar-refractivity contribution in [3.8, 4) is 0 Å². The Morgan fingerprint density at radius 2 is 2.26 bits per heavy atom. The highest BCUT2D eigenvalue weighted by molar-refractivity contribution is 7.18. The van der Waals surface area contributed by atoms with Crippen LogP contribution in [0.3, 0.4) is 0 Å². The Balaban J connectivity index is 1.57. The lowest BCUT2D eigenvalue weighted by atomic mass is 9.93. The van der Waals surface area contributed by atoms with Crippen molar-refractivity contribution in [1.29, 1.82) is 0 Å². The molecule has 0 aliphatic heterocycles. The molecule has 7 heteroatoms. The monoisotopic (exact) mass is 385 g/mol. The zero-order chi connectivity index (χ0) is 19.0. The first kappa shape index (κ1) is 18.4. The van der Waals surface area contributed by atoms with Crippen LogP contribution in [0, 0.1) is 5.92 Å². The molecule has 0 saturated heterocycles. The fourth-order valence-electron chi connectivity index (χ4n) is 3.81. The van der Waals surface area contributed by atoms with Crippen molar-refractivity contribution in [3.05, 3.63) is 45.1 Å². The highest BCUT2D eigenvalue weighted by Gasteiger charge is 2.25. The second-order valence-corrected chi connectivity index (χ2v) is 9.04. The van der Waals surface area contributed by atoms with Gasteiger partial charge in [-0.15, -0.1) is 11.3 Å². The first-order valence-electron chi connectivity index (χ1n) is 9.72. The van der Waals surface area contributed by atoms with Gasteiger partial charge in [0.1, 0.15) is 4.83 Å². The van der Waals surface area contributed by atoms with E-state index in [-0.39, 0.29) is 5.56 Å². The maximum Gasteiger partial charge on any atom is 0.262 e. The van der Waals surface area contributed by atoms with Crippen LogP contribution >= 0.6 is 11.3 Å². The quantitative estimate of drug-likeness (QED) is 0.709. The van der Waals surface area contributed by atoms with Gasteiger partial charge in [0.25, 0.3) is 5.56 Å². The van der Waals surface area contributed by atoms with Crippen LogP contribution in [-0.4, -0.2) is 31.9 Å². The second-order valence-electron chi connectivity index (χ2n) is 7.96. The number of aryl methyl sites for hydroxylation is 2. The summed E-state index contributed by atoms with van der Waals surface area (Å²) >= 11 is 1.70. The van der Waals surface area contributed by atoms with Crippen molar-refractivity contribution in [2.45, 2.75) is 52.1 Å². The average molecular weight is 386 g/mol. The lowest BCUT2D eigenvalue weighted by Crippen LogP contribution is -2.35. The van der Waals surface area contributed by atoms with E-state index >= 15 is 0 Å². The van der Waals surface area contributed by atoms with Gasteiger partial charge in [-0.2, -0.15) is 5.10 Å². The van der Waals surface area contributed by atoms with Crippen molar-refractivity contribution in [2.24, 2.45) is 13.0 Å². The predicted octanol–water partition coefficient (Wildman–Crippen LogP) is 2.73. The van der Waals surface area contributed by atoms with E-state index in [9.17, 15) is 4.79 Å². The Kier molecular flexibility index (Phi) is 5.14. The largest absolute Gasteiger partial charge is 0.314 e. The summed E-state index contributed by atoms with van der Waals surface area (Å²) in [4.78, 5) is 19.9. The third kappa shape index (κ3) is 3.84. The summed E-state index contributed by atoms with van der Waals surface area (Å²) in [5, 5.41) is 8.71. The van der Waals surface area contributed by atoms with Crippen molar-refractivity contribution in [2.75, 3.05) is 6.54 Å². The van der Waals surface area contributed by atoms with Gasteiger partial charge < -0.3 is 5.32 Å². The van der Waals surface area contributed by atoms with Crippen molar-refractivity contribution in [3.63, 3.8) is 0 Å². The molecule has 27 heavy (non-hydrogen) atoms. The van der Waals surface area contributed by atoms with E-state index in [0.29, 0.717) is 12.6 Å². The van der Waals surface area contributed by atoms with Crippen LogP contribution < -0.4 is 10.9 Å². The van der Waals surface area contributed by atoms with E-state index in [1.54, 1.807) is 33.1 Å². The molecule has 4 rings (SSSR count). The molecule has 1 atom stereocenters. The molecular weight excluding hydrogens is 358 g/mol.